The van der Waals surface area contributed by atoms with Gasteiger partial charge in [0.05, 0.1) is 5.60 Å². The van der Waals surface area contributed by atoms with E-state index >= 15 is 0 Å². The van der Waals surface area contributed by atoms with Gasteiger partial charge >= 0.3 is 0 Å². The van der Waals surface area contributed by atoms with Gasteiger partial charge in [-0.1, -0.05) is 18.6 Å². The van der Waals surface area contributed by atoms with E-state index in [-0.39, 0.29) is 23.7 Å². The summed E-state index contributed by atoms with van der Waals surface area (Å²) in [5, 5.41) is 22.1. The summed E-state index contributed by atoms with van der Waals surface area (Å²) in [6.07, 6.45) is 12.5. The number of rotatable bonds is 3. The van der Waals surface area contributed by atoms with E-state index in [0.29, 0.717) is 17.8 Å². The molecule has 3 saturated carbocycles. The molecular formula is C22H32N4O2. The van der Waals surface area contributed by atoms with E-state index in [2.05, 4.69) is 28.4 Å². The molecule has 1 aromatic heterocycles. The molecule has 1 aromatic rings. The third kappa shape index (κ3) is 2.87. The minimum atomic E-state index is -0.515. The molecule has 0 spiro atoms. The SMILES string of the molecule is C[C@@]1(O)CC[C@H]2C(=CC[C@@H]3[C@@H]2CC[C@]2(C)[C@@H](C(=O)Cn4ncnn4)CC[C@@H]32)C1. The number of hydrogen-bond donors (Lipinski definition) is 1. The van der Waals surface area contributed by atoms with Gasteiger partial charge in [-0.15, -0.1) is 10.2 Å². The van der Waals surface area contributed by atoms with Crippen molar-refractivity contribution in [3.63, 3.8) is 0 Å². The first-order valence-electron chi connectivity index (χ1n) is 11.0. The summed E-state index contributed by atoms with van der Waals surface area (Å²) in [6.45, 7) is 4.62. The molecule has 4 aliphatic rings. The van der Waals surface area contributed by atoms with Crippen molar-refractivity contribution in [1.82, 2.24) is 20.2 Å². The summed E-state index contributed by atoms with van der Waals surface area (Å²) >= 11 is 0. The Kier molecular flexibility index (Phi) is 4.27. The molecule has 0 aliphatic heterocycles. The van der Waals surface area contributed by atoms with Crippen LogP contribution in [-0.4, -0.2) is 36.7 Å². The average Bonchev–Trinajstić information content (AvgIpc) is 3.27. The lowest BCUT2D eigenvalue weighted by Gasteiger charge is -2.54. The van der Waals surface area contributed by atoms with Gasteiger partial charge in [-0.2, -0.15) is 4.80 Å². The highest BCUT2D eigenvalue weighted by Gasteiger charge is 2.57. The number of ketones is 1. The lowest BCUT2D eigenvalue weighted by Crippen LogP contribution is -2.48. The van der Waals surface area contributed by atoms with Crippen molar-refractivity contribution in [3.05, 3.63) is 18.0 Å². The molecule has 0 saturated heterocycles. The number of fused-ring (bicyclic) bond motifs is 5. The van der Waals surface area contributed by atoms with Crippen LogP contribution in [0.5, 0.6) is 0 Å². The van der Waals surface area contributed by atoms with Gasteiger partial charge in [0, 0.05) is 5.92 Å². The lowest BCUT2D eigenvalue weighted by atomic mass is 9.51. The summed E-state index contributed by atoms with van der Waals surface area (Å²) < 4.78 is 0. The molecule has 152 valence electrons. The fourth-order valence-corrected chi connectivity index (χ4v) is 7.51. The Bertz CT molecular complexity index is 786. The number of carbonyl (C=O) groups excluding carboxylic acids is 1. The zero-order valence-electron chi connectivity index (χ0n) is 17.0. The van der Waals surface area contributed by atoms with Crippen LogP contribution in [0.15, 0.2) is 18.0 Å². The van der Waals surface area contributed by atoms with Gasteiger partial charge in [-0.25, -0.2) is 0 Å². The van der Waals surface area contributed by atoms with Crippen molar-refractivity contribution in [2.75, 3.05) is 0 Å². The molecule has 0 amide bonds. The molecule has 6 nitrogen and oxygen atoms in total. The number of aliphatic hydroxyl groups is 1. The Balaban J connectivity index is 1.35. The quantitative estimate of drug-likeness (QED) is 0.810. The lowest BCUT2D eigenvalue weighted by molar-refractivity contribution is -0.130. The second-order valence-corrected chi connectivity index (χ2v) is 10.4. The summed E-state index contributed by atoms with van der Waals surface area (Å²) in [5.74, 6) is 3.17. The molecule has 0 aromatic carbocycles. The fourth-order valence-electron chi connectivity index (χ4n) is 7.51. The zero-order valence-corrected chi connectivity index (χ0v) is 17.0. The highest BCUT2D eigenvalue weighted by molar-refractivity contribution is 5.81. The van der Waals surface area contributed by atoms with Crippen molar-refractivity contribution in [1.29, 1.82) is 0 Å². The predicted molar refractivity (Wildman–Crippen MR) is 104 cm³/mol. The number of Topliss-reactive ketones (excluding diaryl/α,β-unsaturated/α-hetero) is 1. The normalized spacial score (nSPS) is 45.0. The van der Waals surface area contributed by atoms with E-state index in [1.54, 1.807) is 0 Å². The third-order valence-electron chi connectivity index (χ3n) is 8.79. The van der Waals surface area contributed by atoms with Crippen LogP contribution < -0.4 is 0 Å². The second kappa shape index (κ2) is 6.48. The average molecular weight is 385 g/mol. The number of hydrogen-bond acceptors (Lipinski definition) is 5. The first-order valence-corrected chi connectivity index (χ1v) is 11.0. The van der Waals surface area contributed by atoms with Crippen LogP contribution in [0.1, 0.15) is 65.2 Å². The van der Waals surface area contributed by atoms with E-state index in [1.807, 2.05) is 6.92 Å². The summed E-state index contributed by atoms with van der Waals surface area (Å²) in [5.41, 5.74) is 1.12. The van der Waals surface area contributed by atoms with Gasteiger partial charge < -0.3 is 5.11 Å². The van der Waals surface area contributed by atoms with Crippen molar-refractivity contribution < 1.29 is 9.90 Å². The maximum absolute atomic E-state index is 13.1. The van der Waals surface area contributed by atoms with E-state index in [4.69, 9.17) is 0 Å². The minimum absolute atomic E-state index is 0.115. The standard InChI is InChI=1S/C22H32N4O2/c1-21(28)9-7-15-14(11-21)3-4-17-16(15)8-10-22(2)18(17)5-6-19(22)20(27)12-26-24-13-23-25-26/h3,13,15-19,28H,4-12H2,1-2H3/t15-,16+,17+,18-,19+,21+,22-/m0/s1. The Morgan fingerprint density at radius 2 is 2.07 bits per heavy atom. The number of tetrazole rings is 1. The zero-order chi connectivity index (χ0) is 19.5. The Morgan fingerprint density at radius 3 is 2.86 bits per heavy atom. The number of aromatic nitrogens is 4. The molecule has 0 radical (unpaired) electrons. The molecule has 6 heteroatoms. The molecule has 1 heterocycles. The number of carbonyl (C=O) groups is 1. The highest BCUT2D eigenvalue weighted by Crippen LogP contribution is 2.63. The van der Waals surface area contributed by atoms with E-state index in [1.165, 1.54) is 29.5 Å². The van der Waals surface area contributed by atoms with Gasteiger partial charge in [0.25, 0.3) is 0 Å². The molecule has 0 bridgehead atoms. The smallest absolute Gasteiger partial charge is 0.162 e. The predicted octanol–water partition coefficient (Wildman–Crippen LogP) is 3.18. The molecule has 1 N–H and O–H groups in total. The van der Waals surface area contributed by atoms with Crippen molar-refractivity contribution >= 4 is 5.78 Å². The van der Waals surface area contributed by atoms with Crippen LogP contribution in [0.25, 0.3) is 0 Å². The highest BCUT2D eigenvalue weighted by atomic mass is 16.3. The molecule has 7 atom stereocenters. The molecule has 4 aliphatic carbocycles. The van der Waals surface area contributed by atoms with Gasteiger partial charge in [0.2, 0.25) is 0 Å². The van der Waals surface area contributed by atoms with Crippen LogP contribution in [0.3, 0.4) is 0 Å². The van der Waals surface area contributed by atoms with Crippen LogP contribution in [0, 0.1) is 35.0 Å². The van der Waals surface area contributed by atoms with Gasteiger partial charge in [0.15, 0.2) is 12.1 Å². The van der Waals surface area contributed by atoms with Gasteiger partial charge in [0.1, 0.15) is 6.54 Å². The van der Waals surface area contributed by atoms with Crippen LogP contribution in [-0.2, 0) is 11.3 Å². The van der Waals surface area contributed by atoms with Crippen LogP contribution in [0.4, 0.5) is 0 Å². The molecule has 5 rings (SSSR count). The van der Waals surface area contributed by atoms with E-state index in [9.17, 15) is 9.90 Å². The maximum Gasteiger partial charge on any atom is 0.162 e. The number of allylic oxidation sites excluding steroid dienone is 1. The summed E-state index contributed by atoms with van der Waals surface area (Å²) in [4.78, 5) is 14.5. The monoisotopic (exact) mass is 384 g/mol. The summed E-state index contributed by atoms with van der Waals surface area (Å²) in [7, 11) is 0. The third-order valence-corrected chi connectivity index (χ3v) is 8.79. The Morgan fingerprint density at radius 1 is 1.21 bits per heavy atom. The Hall–Kier alpha value is -1.56. The largest absolute Gasteiger partial charge is 0.390 e. The second-order valence-electron chi connectivity index (χ2n) is 10.4. The first-order chi connectivity index (χ1) is 13.4. The molecule has 28 heavy (non-hydrogen) atoms. The van der Waals surface area contributed by atoms with Crippen molar-refractivity contribution in [3.8, 4) is 0 Å². The van der Waals surface area contributed by atoms with E-state index < -0.39 is 5.60 Å². The molecule has 3 fully saturated rings. The molecule has 0 unspecified atom stereocenters. The van der Waals surface area contributed by atoms with Crippen molar-refractivity contribution in [2.45, 2.75) is 77.4 Å². The van der Waals surface area contributed by atoms with Crippen LogP contribution in [0.2, 0.25) is 0 Å². The van der Waals surface area contributed by atoms with E-state index in [0.717, 1.165) is 44.4 Å². The Labute approximate surface area is 166 Å². The van der Waals surface area contributed by atoms with Gasteiger partial charge in [-0.05, 0) is 92.6 Å². The van der Waals surface area contributed by atoms with Crippen molar-refractivity contribution in [2.24, 2.45) is 35.0 Å². The summed E-state index contributed by atoms with van der Waals surface area (Å²) in [6, 6.07) is 0. The molecular weight excluding hydrogens is 352 g/mol. The topological polar surface area (TPSA) is 80.9 Å². The minimum Gasteiger partial charge on any atom is -0.390 e. The van der Waals surface area contributed by atoms with Gasteiger partial charge in [-0.3, -0.25) is 4.79 Å². The first kappa shape index (κ1) is 18.5. The number of nitrogens with zero attached hydrogens (tertiary/aromatic N) is 4. The van der Waals surface area contributed by atoms with Crippen LogP contribution >= 0.6 is 0 Å². The fraction of sp³-hybridized carbons (Fsp3) is 0.818. The maximum atomic E-state index is 13.1.